The maximum Gasteiger partial charge on any atom is 0.338 e. The maximum atomic E-state index is 12.2. The Hall–Kier alpha value is -2.37. The molecule has 0 atom stereocenters. The fourth-order valence-electron chi connectivity index (χ4n) is 2.97. The van der Waals surface area contributed by atoms with Crippen LogP contribution in [0.2, 0.25) is 0 Å². The number of hydrogen-bond donors (Lipinski definition) is 1. The minimum absolute atomic E-state index is 0.0282. The van der Waals surface area contributed by atoms with E-state index in [1.807, 2.05) is 19.1 Å². The SMILES string of the molecule is CCNC(=O)CN(CC)C(=O)COC(=O)c1ccc2c(c1)CCCC2. The summed E-state index contributed by atoms with van der Waals surface area (Å²) in [6.45, 7) is 4.10. The highest BCUT2D eigenvalue weighted by molar-refractivity contribution is 5.92. The average Bonchev–Trinajstić information content (AvgIpc) is 2.63. The molecule has 0 radical (unpaired) electrons. The molecule has 1 aliphatic carbocycles. The van der Waals surface area contributed by atoms with Crippen molar-refractivity contribution in [2.45, 2.75) is 39.5 Å². The summed E-state index contributed by atoms with van der Waals surface area (Å²) < 4.78 is 5.14. The van der Waals surface area contributed by atoms with Gasteiger partial charge in [0, 0.05) is 13.1 Å². The first-order chi connectivity index (χ1) is 12.0. The van der Waals surface area contributed by atoms with Crippen LogP contribution in [0.15, 0.2) is 18.2 Å². The number of carbonyl (C=O) groups is 3. The van der Waals surface area contributed by atoms with Crippen LogP contribution in [0.25, 0.3) is 0 Å². The number of nitrogens with zero attached hydrogens (tertiary/aromatic N) is 1. The van der Waals surface area contributed by atoms with Crippen LogP contribution in [0, 0.1) is 0 Å². The standard InChI is InChI=1S/C19H26N2O4/c1-3-20-17(22)12-21(4-2)18(23)13-25-19(24)16-10-9-14-7-5-6-8-15(14)11-16/h9-11H,3-8,12-13H2,1-2H3,(H,20,22). The summed E-state index contributed by atoms with van der Waals surface area (Å²) in [4.78, 5) is 37.3. The summed E-state index contributed by atoms with van der Waals surface area (Å²) in [6, 6.07) is 5.59. The van der Waals surface area contributed by atoms with Gasteiger partial charge in [-0.25, -0.2) is 4.79 Å². The smallest absolute Gasteiger partial charge is 0.338 e. The molecule has 2 rings (SSSR count). The Balaban J connectivity index is 1.90. The van der Waals surface area contributed by atoms with Gasteiger partial charge in [-0.3, -0.25) is 9.59 Å². The molecule has 0 aliphatic heterocycles. The van der Waals surface area contributed by atoms with Crippen LogP contribution in [-0.2, 0) is 27.2 Å². The van der Waals surface area contributed by atoms with Gasteiger partial charge < -0.3 is 15.0 Å². The number of rotatable bonds is 7. The number of esters is 1. The van der Waals surface area contributed by atoms with Crippen LogP contribution in [-0.4, -0.2) is 48.9 Å². The van der Waals surface area contributed by atoms with Crippen molar-refractivity contribution in [1.82, 2.24) is 10.2 Å². The van der Waals surface area contributed by atoms with Crippen molar-refractivity contribution in [2.75, 3.05) is 26.2 Å². The van der Waals surface area contributed by atoms with Gasteiger partial charge in [-0.15, -0.1) is 0 Å². The Labute approximate surface area is 148 Å². The highest BCUT2D eigenvalue weighted by Crippen LogP contribution is 2.22. The molecule has 0 saturated carbocycles. The molecule has 0 aromatic heterocycles. The monoisotopic (exact) mass is 346 g/mol. The molecule has 6 nitrogen and oxygen atoms in total. The molecule has 136 valence electrons. The van der Waals surface area contributed by atoms with E-state index in [0.29, 0.717) is 18.7 Å². The van der Waals surface area contributed by atoms with Gasteiger partial charge in [-0.05, 0) is 62.8 Å². The van der Waals surface area contributed by atoms with Crippen molar-refractivity contribution in [3.63, 3.8) is 0 Å². The van der Waals surface area contributed by atoms with E-state index in [9.17, 15) is 14.4 Å². The lowest BCUT2D eigenvalue weighted by Crippen LogP contribution is -2.42. The van der Waals surface area contributed by atoms with Gasteiger partial charge in [0.25, 0.3) is 5.91 Å². The first kappa shape index (κ1) is 19.0. The number of carbonyl (C=O) groups excluding carboxylic acids is 3. The van der Waals surface area contributed by atoms with Crippen LogP contribution < -0.4 is 5.32 Å². The number of ether oxygens (including phenoxy) is 1. The molecule has 6 heteroatoms. The summed E-state index contributed by atoms with van der Waals surface area (Å²) in [7, 11) is 0. The first-order valence-electron chi connectivity index (χ1n) is 8.88. The number of aryl methyl sites for hydroxylation is 2. The van der Waals surface area contributed by atoms with Crippen LogP contribution in [0.3, 0.4) is 0 Å². The van der Waals surface area contributed by atoms with E-state index in [4.69, 9.17) is 4.74 Å². The van der Waals surface area contributed by atoms with Gasteiger partial charge in [0.2, 0.25) is 5.91 Å². The van der Waals surface area contributed by atoms with E-state index in [1.54, 1.807) is 13.0 Å². The quantitative estimate of drug-likeness (QED) is 0.763. The minimum Gasteiger partial charge on any atom is -0.452 e. The summed E-state index contributed by atoms with van der Waals surface area (Å²) in [5.41, 5.74) is 2.96. The van der Waals surface area contributed by atoms with Crippen molar-refractivity contribution < 1.29 is 19.1 Å². The predicted molar refractivity (Wildman–Crippen MR) is 94.3 cm³/mol. The molecule has 1 aromatic rings. The third-order valence-corrected chi connectivity index (χ3v) is 4.35. The number of hydrogen-bond acceptors (Lipinski definition) is 4. The molecule has 1 aliphatic rings. The topological polar surface area (TPSA) is 75.7 Å². The molecule has 0 unspecified atom stereocenters. The number of benzene rings is 1. The molecule has 2 amide bonds. The van der Waals surface area contributed by atoms with Gasteiger partial charge >= 0.3 is 5.97 Å². The first-order valence-corrected chi connectivity index (χ1v) is 8.88. The van der Waals surface area contributed by atoms with E-state index in [-0.39, 0.29) is 25.0 Å². The second-order valence-electron chi connectivity index (χ2n) is 6.13. The third kappa shape index (κ3) is 5.31. The summed E-state index contributed by atoms with van der Waals surface area (Å²) in [5, 5.41) is 2.64. The van der Waals surface area contributed by atoms with Gasteiger partial charge in [-0.1, -0.05) is 6.07 Å². The van der Waals surface area contributed by atoms with Gasteiger partial charge in [0.05, 0.1) is 12.1 Å². The lowest BCUT2D eigenvalue weighted by molar-refractivity contribution is -0.138. The lowest BCUT2D eigenvalue weighted by atomic mass is 9.90. The molecule has 0 bridgehead atoms. The zero-order valence-electron chi connectivity index (χ0n) is 15.0. The fraction of sp³-hybridized carbons (Fsp3) is 0.526. The van der Waals surface area contributed by atoms with Crippen molar-refractivity contribution >= 4 is 17.8 Å². The average molecular weight is 346 g/mol. The van der Waals surface area contributed by atoms with Crippen molar-refractivity contribution in [3.8, 4) is 0 Å². The largest absolute Gasteiger partial charge is 0.452 e. The molecule has 25 heavy (non-hydrogen) atoms. The summed E-state index contributed by atoms with van der Waals surface area (Å²) in [5.74, 6) is -1.10. The number of fused-ring (bicyclic) bond motifs is 1. The van der Waals surface area contributed by atoms with E-state index >= 15 is 0 Å². The second-order valence-corrected chi connectivity index (χ2v) is 6.13. The zero-order chi connectivity index (χ0) is 18.2. The van der Waals surface area contributed by atoms with Crippen LogP contribution in [0.4, 0.5) is 0 Å². The highest BCUT2D eigenvalue weighted by Gasteiger charge is 2.18. The number of likely N-dealkylation sites (N-methyl/N-ethyl adjacent to an activating group) is 2. The number of amides is 2. The highest BCUT2D eigenvalue weighted by atomic mass is 16.5. The Kier molecular flexibility index (Phi) is 6.98. The van der Waals surface area contributed by atoms with E-state index in [1.165, 1.54) is 22.4 Å². The normalized spacial score (nSPS) is 12.9. The zero-order valence-corrected chi connectivity index (χ0v) is 15.0. The Morgan fingerprint density at radius 1 is 1.12 bits per heavy atom. The molecule has 0 heterocycles. The van der Waals surface area contributed by atoms with Gasteiger partial charge in [0.15, 0.2) is 6.61 Å². The van der Waals surface area contributed by atoms with Crippen molar-refractivity contribution in [1.29, 1.82) is 0 Å². The van der Waals surface area contributed by atoms with Gasteiger partial charge in [-0.2, -0.15) is 0 Å². The van der Waals surface area contributed by atoms with Crippen molar-refractivity contribution in [3.05, 3.63) is 34.9 Å². The molecule has 1 aromatic carbocycles. The van der Waals surface area contributed by atoms with E-state index < -0.39 is 5.97 Å². The Morgan fingerprint density at radius 2 is 1.84 bits per heavy atom. The second kappa shape index (κ2) is 9.20. The van der Waals surface area contributed by atoms with E-state index in [2.05, 4.69) is 5.32 Å². The molecular weight excluding hydrogens is 320 g/mol. The fourth-order valence-corrected chi connectivity index (χ4v) is 2.97. The third-order valence-electron chi connectivity index (χ3n) is 4.35. The summed E-state index contributed by atoms with van der Waals surface area (Å²) in [6.07, 6.45) is 4.35. The molecule has 0 fully saturated rings. The predicted octanol–water partition coefficient (Wildman–Crippen LogP) is 1.71. The van der Waals surface area contributed by atoms with E-state index in [0.717, 1.165) is 19.3 Å². The molecule has 0 saturated heterocycles. The Bertz CT molecular complexity index is 642. The minimum atomic E-state index is -0.504. The van der Waals surface area contributed by atoms with Crippen LogP contribution >= 0.6 is 0 Å². The lowest BCUT2D eigenvalue weighted by Gasteiger charge is -2.20. The Morgan fingerprint density at radius 3 is 2.52 bits per heavy atom. The molecule has 1 N–H and O–H groups in total. The number of nitrogens with one attached hydrogen (secondary N) is 1. The molecular formula is C19H26N2O4. The van der Waals surface area contributed by atoms with Crippen LogP contribution in [0.1, 0.15) is 48.2 Å². The van der Waals surface area contributed by atoms with Crippen LogP contribution in [0.5, 0.6) is 0 Å². The maximum absolute atomic E-state index is 12.2. The van der Waals surface area contributed by atoms with Crippen molar-refractivity contribution in [2.24, 2.45) is 0 Å². The summed E-state index contributed by atoms with van der Waals surface area (Å²) >= 11 is 0. The molecule has 0 spiro atoms. The van der Waals surface area contributed by atoms with Gasteiger partial charge in [0.1, 0.15) is 0 Å².